The van der Waals surface area contributed by atoms with Crippen molar-refractivity contribution in [3.8, 4) is 0 Å². The van der Waals surface area contributed by atoms with E-state index >= 15 is 0 Å². The van der Waals surface area contributed by atoms with Gasteiger partial charge in [-0.05, 0) is 31.9 Å². The van der Waals surface area contributed by atoms with Gasteiger partial charge in [0.25, 0.3) is 0 Å². The SMILES string of the molecule is Cc1ccc(S(=O)(=O)N2CCN([C@@H](C)c3nnc(CC(C)C)o3)CC2)cc1. The van der Waals surface area contributed by atoms with Crippen molar-refractivity contribution in [3.63, 3.8) is 0 Å². The van der Waals surface area contributed by atoms with Gasteiger partial charge in [0.1, 0.15) is 0 Å². The zero-order valence-electron chi connectivity index (χ0n) is 16.4. The third kappa shape index (κ3) is 4.56. The highest BCUT2D eigenvalue weighted by Crippen LogP contribution is 2.24. The van der Waals surface area contributed by atoms with Crippen LogP contribution in [0, 0.1) is 12.8 Å². The Morgan fingerprint density at radius 3 is 2.26 bits per heavy atom. The van der Waals surface area contributed by atoms with Gasteiger partial charge in [0.05, 0.1) is 10.9 Å². The lowest BCUT2D eigenvalue weighted by Gasteiger charge is -2.36. The Bertz CT molecular complexity index is 853. The molecule has 1 atom stereocenters. The lowest BCUT2D eigenvalue weighted by molar-refractivity contribution is 0.128. The summed E-state index contributed by atoms with van der Waals surface area (Å²) >= 11 is 0. The van der Waals surface area contributed by atoms with Crippen LogP contribution in [0.5, 0.6) is 0 Å². The number of piperazine rings is 1. The monoisotopic (exact) mass is 392 g/mol. The summed E-state index contributed by atoms with van der Waals surface area (Å²) in [5, 5.41) is 8.30. The summed E-state index contributed by atoms with van der Waals surface area (Å²) in [4.78, 5) is 2.54. The van der Waals surface area contributed by atoms with E-state index in [0.29, 0.717) is 48.8 Å². The summed E-state index contributed by atoms with van der Waals surface area (Å²) in [6, 6.07) is 6.98. The van der Waals surface area contributed by atoms with Gasteiger partial charge in [-0.2, -0.15) is 4.31 Å². The van der Waals surface area contributed by atoms with E-state index in [1.807, 2.05) is 26.0 Å². The highest BCUT2D eigenvalue weighted by atomic mass is 32.2. The average Bonchev–Trinajstić information content (AvgIpc) is 3.09. The molecule has 0 radical (unpaired) electrons. The maximum Gasteiger partial charge on any atom is 0.243 e. The van der Waals surface area contributed by atoms with Crippen LogP contribution in [0.2, 0.25) is 0 Å². The van der Waals surface area contributed by atoms with Gasteiger partial charge in [-0.15, -0.1) is 10.2 Å². The Labute approximate surface area is 161 Å². The standard InChI is InChI=1S/C19H28N4O3S/c1-14(2)13-18-20-21-19(26-18)16(4)22-9-11-23(12-10-22)27(24,25)17-7-5-15(3)6-8-17/h5-8,14,16H,9-13H2,1-4H3/t16-/m0/s1. The number of aromatic nitrogens is 2. The molecule has 1 aliphatic rings. The summed E-state index contributed by atoms with van der Waals surface area (Å²) in [6.07, 6.45) is 0.766. The Balaban J connectivity index is 1.62. The number of hydrogen-bond acceptors (Lipinski definition) is 6. The molecule has 27 heavy (non-hydrogen) atoms. The molecular weight excluding hydrogens is 364 g/mol. The molecule has 0 aliphatic carbocycles. The second kappa shape index (κ2) is 8.08. The lowest BCUT2D eigenvalue weighted by Crippen LogP contribution is -2.49. The van der Waals surface area contributed by atoms with Crippen LogP contribution < -0.4 is 0 Å². The second-order valence-corrected chi connectivity index (χ2v) is 9.50. The molecule has 0 saturated carbocycles. The van der Waals surface area contributed by atoms with Crippen molar-refractivity contribution in [1.29, 1.82) is 0 Å². The van der Waals surface area contributed by atoms with Crippen LogP contribution in [0.4, 0.5) is 0 Å². The molecule has 1 aromatic carbocycles. The van der Waals surface area contributed by atoms with Crippen molar-refractivity contribution in [3.05, 3.63) is 41.6 Å². The smallest absolute Gasteiger partial charge is 0.243 e. The van der Waals surface area contributed by atoms with E-state index in [2.05, 4.69) is 28.9 Å². The van der Waals surface area contributed by atoms with Gasteiger partial charge in [-0.1, -0.05) is 31.5 Å². The topological polar surface area (TPSA) is 79.5 Å². The molecule has 0 bridgehead atoms. The molecule has 8 heteroatoms. The minimum atomic E-state index is -3.45. The Hall–Kier alpha value is -1.77. The maximum absolute atomic E-state index is 12.8. The molecule has 2 heterocycles. The molecule has 7 nitrogen and oxygen atoms in total. The average molecular weight is 393 g/mol. The predicted molar refractivity (Wildman–Crippen MR) is 103 cm³/mol. The molecule has 0 unspecified atom stereocenters. The van der Waals surface area contributed by atoms with Gasteiger partial charge >= 0.3 is 0 Å². The fourth-order valence-electron chi connectivity index (χ4n) is 3.21. The van der Waals surface area contributed by atoms with Crippen LogP contribution >= 0.6 is 0 Å². The van der Waals surface area contributed by atoms with Crippen molar-refractivity contribution in [2.75, 3.05) is 26.2 Å². The molecule has 0 amide bonds. The second-order valence-electron chi connectivity index (χ2n) is 7.56. The largest absolute Gasteiger partial charge is 0.424 e. The molecule has 1 aliphatic heterocycles. The van der Waals surface area contributed by atoms with E-state index in [-0.39, 0.29) is 6.04 Å². The van der Waals surface area contributed by atoms with E-state index in [0.717, 1.165) is 12.0 Å². The van der Waals surface area contributed by atoms with Crippen molar-refractivity contribution in [2.45, 2.75) is 45.1 Å². The molecule has 148 valence electrons. The zero-order valence-corrected chi connectivity index (χ0v) is 17.2. The molecule has 1 aromatic heterocycles. The first-order valence-electron chi connectivity index (χ1n) is 9.40. The molecule has 1 saturated heterocycles. The highest BCUT2D eigenvalue weighted by molar-refractivity contribution is 7.89. The first-order valence-corrected chi connectivity index (χ1v) is 10.8. The molecule has 0 spiro atoms. The van der Waals surface area contributed by atoms with Crippen LogP contribution in [0.25, 0.3) is 0 Å². The third-order valence-electron chi connectivity index (χ3n) is 4.90. The molecule has 1 fully saturated rings. The number of sulfonamides is 1. The van der Waals surface area contributed by atoms with Gasteiger partial charge in [0.15, 0.2) is 0 Å². The minimum Gasteiger partial charge on any atom is -0.424 e. The lowest BCUT2D eigenvalue weighted by atomic mass is 10.1. The Kier molecular flexibility index (Phi) is 5.98. The summed E-state index contributed by atoms with van der Waals surface area (Å²) in [5.41, 5.74) is 1.05. The van der Waals surface area contributed by atoms with Gasteiger partial charge in [0.2, 0.25) is 21.8 Å². The number of nitrogens with zero attached hydrogens (tertiary/aromatic N) is 4. The van der Waals surface area contributed by atoms with Crippen molar-refractivity contribution in [1.82, 2.24) is 19.4 Å². The summed E-state index contributed by atoms with van der Waals surface area (Å²) in [7, 11) is -3.45. The summed E-state index contributed by atoms with van der Waals surface area (Å²) in [5.74, 6) is 1.72. The molecule has 3 rings (SSSR count). The van der Waals surface area contributed by atoms with Gasteiger partial charge in [-0.25, -0.2) is 8.42 Å². The first-order chi connectivity index (χ1) is 12.8. The predicted octanol–water partition coefficient (Wildman–Crippen LogP) is 2.64. The normalized spacial score (nSPS) is 18.1. The molecule has 2 aromatic rings. The first kappa shape index (κ1) is 20.0. The van der Waals surface area contributed by atoms with Crippen LogP contribution in [0.15, 0.2) is 33.6 Å². The van der Waals surface area contributed by atoms with Gasteiger partial charge in [-0.3, -0.25) is 4.90 Å². The van der Waals surface area contributed by atoms with Gasteiger partial charge in [0, 0.05) is 32.6 Å². The number of benzene rings is 1. The van der Waals surface area contributed by atoms with E-state index < -0.39 is 10.0 Å². The Morgan fingerprint density at radius 2 is 1.67 bits per heavy atom. The van der Waals surface area contributed by atoms with Gasteiger partial charge < -0.3 is 4.42 Å². The van der Waals surface area contributed by atoms with Crippen molar-refractivity contribution < 1.29 is 12.8 Å². The van der Waals surface area contributed by atoms with E-state index in [1.54, 1.807) is 16.4 Å². The molecular formula is C19H28N4O3S. The quantitative estimate of drug-likeness (QED) is 0.752. The van der Waals surface area contributed by atoms with Crippen LogP contribution in [-0.2, 0) is 16.4 Å². The highest BCUT2D eigenvalue weighted by Gasteiger charge is 2.31. The van der Waals surface area contributed by atoms with E-state index in [1.165, 1.54) is 0 Å². The zero-order chi connectivity index (χ0) is 19.6. The summed E-state index contributed by atoms with van der Waals surface area (Å²) < 4.78 is 33.0. The van der Waals surface area contributed by atoms with E-state index in [9.17, 15) is 8.42 Å². The number of aryl methyl sites for hydroxylation is 1. The van der Waals surface area contributed by atoms with E-state index in [4.69, 9.17) is 4.42 Å². The number of rotatable bonds is 6. The van der Waals surface area contributed by atoms with Crippen LogP contribution in [-0.4, -0.2) is 54.0 Å². The van der Waals surface area contributed by atoms with Crippen molar-refractivity contribution >= 4 is 10.0 Å². The third-order valence-corrected chi connectivity index (χ3v) is 6.82. The van der Waals surface area contributed by atoms with Crippen LogP contribution in [0.3, 0.4) is 0 Å². The van der Waals surface area contributed by atoms with Crippen molar-refractivity contribution in [2.24, 2.45) is 5.92 Å². The minimum absolute atomic E-state index is 0.0253. The fourth-order valence-corrected chi connectivity index (χ4v) is 4.64. The fraction of sp³-hybridized carbons (Fsp3) is 0.579. The molecule has 0 N–H and O–H groups in total. The Morgan fingerprint density at radius 1 is 1.04 bits per heavy atom. The van der Waals surface area contributed by atoms with Crippen LogP contribution in [0.1, 0.15) is 44.2 Å². The number of hydrogen-bond donors (Lipinski definition) is 0. The maximum atomic E-state index is 12.8. The summed E-state index contributed by atoms with van der Waals surface area (Å²) in [6.45, 7) is 10.4.